The number of aromatic amines is 1. The van der Waals surface area contributed by atoms with E-state index >= 15 is 0 Å². The van der Waals surface area contributed by atoms with Gasteiger partial charge in [0.15, 0.2) is 0 Å². The molecule has 2 amide bonds. The molecule has 1 saturated heterocycles. The number of benzene rings is 2. The van der Waals surface area contributed by atoms with Gasteiger partial charge in [0, 0.05) is 55.0 Å². The second kappa shape index (κ2) is 7.32. The van der Waals surface area contributed by atoms with Crippen LogP contribution in [0.25, 0.3) is 10.9 Å². The van der Waals surface area contributed by atoms with E-state index in [0.29, 0.717) is 6.04 Å². The lowest BCUT2D eigenvalue weighted by Gasteiger charge is -2.40. The zero-order chi connectivity index (χ0) is 18.9. The molecular formula is C23H26N4O. The van der Waals surface area contributed by atoms with Crippen LogP contribution in [0.2, 0.25) is 0 Å². The van der Waals surface area contributed by atoms with Crippen LogP contribution in [0.1, 0.15) is 24.0 Å². The van der Waals surface area contributed by atoms with Crippen LogP contribution in [0.15, 0.2) is 54.7 Å². The fourth-order valence-corrected chi connectivity index (χ4v) is 4.60. The minimum absolute atomic E-state index is 0.0114. The Balaban J connectivity index is 1.17. The van der Waals surface area contributed by atoms with E-state index in [0.717, 1.165) is 62.0 Å². The molecule has 0 aliphatic carbocycles. The van der Waals surface area contributed by atoms with Gasteiger partial charge in [-0.15, -0.1) is 0 Å². The summed E-state index contributed by atoms with van der Waals surface area (Å²) in [6.45, 7) is 3.82. The lowest BCUT2D eigenvalue weighted by atomic mass is 9.95. The highest BCUT2D eigenvalue weighted by Gasteiger charge is 2.28. The van der Waals surface area contributed by atoms with Crippen LogP contribution in [-0.2, 0) is 13.0 Å². The molecule has 2 aromatic carbocycles. The minimum atomic E-state index is 0.0114. The predicted molar refractivity (Wildman–Crippen MR) is 112 cm³/mol. The van der Waals surface area contributed by atoms with Gasteiger partial charge in [0.1, 0.15) is 0 Å². The molecule has 5 nitrogen and oxygen atoms in total. The zero-order valence-corrected chi connectivity index (χ0v) is 16.0. The summed E-state index contributed by atoms with van der Waals surface area (Å²) in [5.74, 6) is 0. The maximum Gasteiger partial charge on any atom is 0.321 e. The van der Waals surface area contributed by atoms with Gasteiger partial charge in [0.2, 0.25) is 0 Å². The molecule has 0 spiro atoms. The number of rotatable bonds is 2. The first-order chi connectivity index (χ1) is 13.8. The maximum atomic E-state index is 12.7. The summed E-state index contributed by atoms with van der Waals surface area (Å²) in [6, 6.07) is 17.4. The fraction of sp³-hybridized carbons (Fsp3) is 0.348. The summed E-state index contributed by atoms with van der Waals surface area (Å²) in [5, 5.41) is 4.17. The van der Waals surface area contributed by atoms with Crippen molar-refractivity contribution in [2.45, 2.75) is 31.8 Å². The number of urea groups is 1. The molecule has 2 aliphatic heterocycles. The van der Waals surface area contributed by atoms with Crippen molar-refractivity contribution in [1.82, 2.24) is 14.8 Å². The standard InChI is InChI=1S/C23H26N4O/c28-23(25-20-5-6-22-18(15-20)7-11-24-22)26-13-9-21(10-14-26)27-12-8-17-3-1-2-4-19(17)16-27/h1-7,11,15,21,24H,8-10,12-14,16H2,(H,25,28). The third kappa shape index (κ3) is 3.38. The van der Waals surface area contributed by atoms with Crippen LogP contribution >= 0.6 is 0 Å². The van der Waals surface area contributed by atoms with Gasteiger partial charge >= 0.3 is 6.03 Å². The lowest BCUT2D eigenvalue weighted by molar-refractivity contribution is 0.111. The Hall–Kier alpha value is -2.79. The Kier molecular flexibility index (Phi) is 4.53. The highest BCUT2D eigenvalue weighted by molar-refractivity contribution is 5.92. The molecular weight excluding hydrogens is 348 g/mol. The van der Waals surface area contributed by atoms with Crippen molar-refractivity contribution in [2.24, 2.45) is 0 Å². The molecule has 0 saturated carbocycles. The molecule has 0 bridgehead atoms. The van der Waals surface area contributed by atoms with Gasteiger partial charge in [0.25, 0.3) is 0 Å². The van der Waals surface area contributed by atoms with Crippen molar-refractivity contribution < 1.29 is 4.79 Å². The number of hydrogen-bond acceptors (Lipinski definition) is 2. The number of hydrogen-bond donors (Lipinski definition) is 2. The zero-order valence-electron chi connectivity index (χ0n) is 16.0. The highest BCUT2D eigenvalue weighted by atomic mass is 16.2. The second-order valence-electron chi connectivity index (χ2n) is 7.92. The number of anilines is 1. The van der Waals surface area contributed by atoms with Crippen LogP contribution in [0.5, 0.6) is 0 Å². The third-order valence-corrected chi connectivity index (χ3v) is 6.23. The van der Waals surface area contributed by atoms with E-state index in [4.69, 9.17) is 0 Å². The van der Waals surface area contributed by atoms with Crippen LogP contribution in [-0.4, -0.2) is 46.5 Å². The normalized spacial score (nSPS) is 18.2. The van der Waals surface area contributed by atoms with Crippen molar-refractivity contribution in [2.75, 3.05) is 25.0 Å². The Morgan fingerprint density at radius 3 is 2.68 bits per heavy atom. The molecule has 5 rings (SSSR count). The average Bonchev–Trinajstić information content (AvgIpc) is 3.21. The molecule has 0 unspecified atom stereocenters. The van der Waals surface area contributed by atoms with Crippen LogP contribution < -0.4 is 5.32 Å². The van der Waals surface area contributed by atoms with Crippen molar-refractivity contribution in [3.05, 3.63) is 65.9 Å². The molecule has 3 aromatic rings. The van der Waals surface area contributed by atoms with Gasteiger partial charge in [-0.3, -0.25) is 4.90 Å². The third-order valence-electron chi connectivity index (χ3n) is 6.23. The van der Waals surface area contributed by atoms with Gasteiger partial charge < -0.3 is 15.2 Å². The molecule has 28 heavy (non-hydrogen) atoms. The van der Waals surface area contributed by atoms with Gasteiger partial charge in [-0.1, -0.05) is 24.3 Å². The van der Waals surface area contributed by atoms with Gasteiger partial charge in [-0.2, -0.15) is 0 Å². The predicted octanol–water partition coefficient (Wildman–Crippen LogP) is 4.22. The number of nitrogens with zero attached hydrogens (tertiary/aromatic N) is 2. The van der Waals surface area contributed by atoms with E-state index in [1.807, 2.05) is 35.4 Å². The molecule has 144 valence electrons. The van der Waals surface area contributed by atoms with E-state index in [2.05, 4.69) is 39.5 Å². The molecule has 3 heterocycles. The number of H-pyrrole nitrogens is 1. The summed E-state index contributed by atoms with van der Waals surface area (Å²) in [5.41, 5.74) is 4.90. The number of fused-ring (bicyclic) bond motifs is 2. The molecule has 5 heteroatoms. The number of likely N-dealkylation sites (tertiary alicyclic amines) is 1. The first-order valence-electron chi connectivity index (χ1n) is 10.2. The molecule has 0 radical (unpaired) electrons. The number of carbonyl (C=O) groups excluding carboxylic acids is 1. The molecule has 1 aromatic heterocycles. The van der Waals surface area contributed by atoms with Crippen LogP contribution in [0, 0.1) is 0 Å². The van der Waals surface area contributed by atoms with E-state index < -0.39 is 0 Å². The van der Waals surface area contributed by atoms with Crippen molar-refractivity contribution in [3.63, 3.8) is 0 Å². The maximum absolute atomic E-state index is 12.7. The van der Waals surface area contributed by atoms with Crippen LogP contribution in [0.4, 0.5) is 10.5 Å². The lowest BCUT2D eigenvalue weighted by Crippen LogP contribution is -2.49. The largest absolute Gasteiger partial charge is 0.361 e. The molecule has 2 aliphatic rings. The van der Waals surface area contributed by atoms with Gasteiger partial charge in [-0.25, -0.2) is 4.79 Å². The smallest absolute Gasteiger partial charge is 0.321 e. The Labute approximate surface area is 165 Å². The molecule has 1 fully saturated rings. The highest BCUT2D eigenvalue weighted by Crippen LogP contribution is 2.25. The Morgan fingerprint density at radius 2 is 1.82 bits per heavy atom. The summed E-state index contributed by atoms with van der Waals surface area (Å²) < 4.78 is 0. The number of piperidine rings is 1. The van der Waals surface area contributed by atoms with Crippen molar-refractivity contribution >= 4 is 22.6 Å². The van der Waals surface area contributed by atoms with E-state index in [-0.39, 0.29) is 6.03 Å². The van der Waals surface area contributed by atoms with Crippen molar-refractivity contribution in [3.8, 4) is 0 Å². The van der Waals surface area contributed by atoms with Gasteiger partial charge in [-0.05, 0) is 54.7 Å². The summed E-state index contributed by atoms with van der Waals surface area (Å²) in [6.07, 6.45) is 5.15. The Morgan fingerprint density at radius 1 is 1.00 bits per heavy atom. The number of aromatic nitrogens is 1. The number of nitrogens with one attached hydrogen (secondary N) is 2. The van der Waals surface area contributed by atoms with Crippen LogP contribution in [0.3, 0.4) is 0 Å². The van der Waals surface area contributed by atoms with Crippen molar-refractivity contribution in [1.29, 1.82) is 0 Å². The monoisotopic (exact) mass is 374 g/mol. The number of amides is 2. The summed E-state index contributed by atoms with van der Waals surface area (Å²) in [7, 11) is 0. The first kappa shape index (κ1) is 17.3. The summed E-state index contributed by atoms with van der Waals surface area (Å²) >= 11 is 0. The first-order valence-corrected chi connectivity index (χ1v) is 10.2. The fourth-order valence-electron chi connectivity index (χ4n) is 4.60. The van der Waals surface area contributed by atoms with E-state index in [9.17, 15) is 4.79 Å². The SMILES string of the molecule is O=C(Nc1ccc2[nH]ccc2c1)N1CCC(N2CCc3ccccc3C2)CC1. The van der Waals surface area contributed by atoms with E-state index in [1.54, 1.807) is 0 Å². The van der Waals surface area contributed by atoms with E-state index in [1.165, 1.54) is 11.1 Å². The Bertz CT molecular complexity index is 987. The van der Waals surface area contributed by atoms with Gasteiger partial charge in [0.05, 0.1) is 0 Å². The number of carbonyl (C=O) groups is 1. The quantitative estimate of drug-likeness (QED) is 0.706. The summed E-state index contributed by atoms with van der Waals surface area (Å²) in [4.78, 5) is 20.4. The minimum Gasteiger partial charge on any atom is -0.361 e. The second-order valence-corrected chi connectivity index (χ2v) is 7.92. The molecule has 0 atom stereocenters. The average molecular weight is 374 g/mol. The molecule has 2 N–H and O–H groups in total. The topological polar surface area (TPSA) is 51.4 Å².